The average Bonchev–Trinajstić information content (AvgIpc) is 2.18. The van der Waals surface area contributed by atoms with E-state index in [1.54, 1.807) is 7.11 Å². The molecule has 1 aromatic rings. The molecule has 0 aliphatic heterocycles. The molecule has 1 rings (SSSR count). The molecule has 0 saturated carbocycles. The Morgan fingerprint density at radius 1 is 1.38 bits per heavy atom. The molecule has 0 heterocycles. The van der Waals surface area contributed by atoms with E-state index in [2.05, 4.69) is 6.58 Å². The molecule has 13 heavy (non-hydrogen) atoms. The van der Waals surface area contributed by atoms with Crippen LogP contribution in [-0.4, -0.2) is 13.7 Å². The maximum Gasteiger partial charge on any atom is 0.118 e. The van der Waals surface area contributed by atoms with Crippen molar-refractivity contribution in [2.75, 3.05) is 13.7 Å². The van der Waals surface area contributed by atoms with E-state index in [4.69, 9.17) is 10.5 Å². The Bertz CT molecular complexity index is 277. The lowest BCUT2D eigenvalue weighted by atomic mass is 10.0. The van der Waals surface area contributed by atoms with Crippen LogP contribution in [0.2, 0.25) is 0 Å². The van der Waals surface area contributed by atoms with Gasteiger partial charge in [-0.05, 0) is 36.2 Å². The van der Waals surface area contributed by atoms with E-state index >= 15 is 0 Å². The second kappa shape index (κ2) is 4.67. The second-order valence-electron chi connectivity index (χ2n) is 2.87. The van der Waals surface area contributed by atoms with Crippen molar-refractivity contribution in [1.29, 1.82) is 0 Å². The fourth-order valence-electron chi connectivity index (χ4n) is 1.15. The number of hydrogen-bond acceptors (Lipinski definition) is 2. The Morgan fingerprint density at radius 3 is 2.46 bits per heavy atom. The molecule has 0 fully saturated rings. The lowest BCUT2D eigenvalue weighted by Gasteiger charge is -2.05. The monoisotopic (exact) mass is 177 g/mol. The van der Waals surface area contributed by atoms with Gasteiger partial charge in [-0.3, -0.25) is 0 Å². The van der Waals surface area contributed by atoms with Crippen LogP contribution < -0.4 is 10.5 Å². The van der Waals surface area contributed by atoms with Crippen LogP contribution >= 0.6 is 0 Å². The molecule has 70 valence electrons. The number of methoxy groups -OCH3 is 1. The van der Waals surface area contributed by atoms with Crippen molar-refractivity contribution in [2.24, 2.45) is 5.73 Å². The Kier molecular flexibility index (Phi) is 3.53. The molecular weight excluding hydrogens is 162 g/mol. The molecule has 0 bridgehead atoms. The summed E-state index contributed by atoms with van der Waals surface area (Å²) in [6.45, 7) is 4.59. The highest BCUT2D eigenvalue weighted by molar-refractivity contribution is 5.63. The quantitative estimate of drug-likeness (QED) is 0.764. The smallest absolute Gasteiger partial charge is 0.118 e. The van der Waals surface area contributed by atoms with Gasteiger partial charge in [-0.15, -0.1) is 0 Å². The third-order valence-electron chi connectivity index (χ3n) is 1.94. The number of ether oxygens (including phenoxy) is 1. The molecule has 0 aliphatic rings. The summed E-state index contributed by atoms with van der Waals surface area (Å²) in [5, 5.41) is 0. The van der Waals surface area contributed by atoms with Gasteiger partial charge in [0, 0.05) is 0 Å². The zero-order valence-electron chi connectivity index (χ0n) is 7.92. The molecule has 0 amide bonds. The van der Waals surface area contributed by atoms with Gasteiger partial charge in [0.15, 0.2) is 0 Å². The predicted octanol–water partition coefficient (Wildman–Crippen LogP) is 2.06. The van der Waals surface area contributed by atoms with Crippen molar-refractivity contribution >= 4 is 5.57 Å². The van der Waals surface area contributed by atoms with Gasteiger partial charge in [0.05, 0.1) is 7.11 Å². The van der Waals surface area contributed by atoms with Crippen LogP contribution in [0.1, 0.15) is 12.0 Å². The molecule has 0 unspecified atom stereocenters. The van der Waals surface area contributed by atoms with Crippen molar-refractivity contribution in [3.8, 4) is 5.75 Å². The molecule has 0 spiro atoms. The number of nitrogens with two attached hydrogens (primary N) is 1. The third kappa shape index (κ3) is 2.60. The van der Waals surface area contributed by atoms with Gasteiger partial charge >= 0.3 is 0 Å². The van der Waals surface area contributed by atoms with Gasteiger partial charge in [0.2, 0.25) is 0 Å². The minimum atomic E-state index is 0.644. The SMILES string of the molecule is C=C(CCN)c1ccc(OC)cc1. The van der Waals surface area contributed by atoms with E-state index in [1.807, 2.05) is 24.3 Å². The zero-order valence-corrected chi connectivity index (χ0v) is 7.92. The van der Waals surface area contributed by atoms with E-state index in [-0.39, 0.29) is 0 Å². The van der Waals surface area contributed by atoms with Crippen molar-refractivity contribution in [1.82, 2.24) is 0 Å². The van der Waals surface area contributed by atoms with Crippen molar-refractivity contribution in [3.05, 3.63) is 36.4 Å². The molecule has 2 nitrogen and oxygen atoms in total. The highest BCUT2D eigenvalue weighted by Crippen LogP contribution is 2.18. The topological polar surface area (TPSA) is 35.2 Å². The number of hydrogen-bond donors (Lipinski definition) is 1. The van der Waals surface area contributed by atoms with E-state index in [0.29, 0.717) is 6.54 Å². The van der Waals surface area contributed by atoms with E-state index in [1.165, 1.54) is 0 Å². The van der Waals surface area contributed by atoms with Gasteiger partial charge in [-0.1, -0.05) is 18.7 Å². The summed E-state index contributed by atoms with van der Waals surface area (Å²) in [4.78, 5) is 0. The highest BCUT2D eigenvalue weighted by Gasteiger charge is 1.97. The third-order valence-corrected chi connectivity index (χ3v) is 1.94. The molecule has 2 N–H and O–H groups in total. The minimum Gasteiger partial charge on any atom is -0.497 e. The maximum atomic E-state index is 5.44. The number of benzene rings is 1. The summed E-state index contributed by atoms with van der Waals surface area (Å²) in [5.41, 5.74) is 7.64. The molecule has 0 aromatic heterocycles. The summed E-state index contributed by atoms with van der Waals surface area (Å²) < 4.78 is 5.05. The van der Waals surface area contributed by atoms with E-state index < -0.39 is 0 Å². The van der Waals surface area contributed by atoms with Crippen LogP contribution in [0.3, 0.4) is 0 Å². The normalized spacial score (nSPS) is 9.69. The lowest BCUT2D eigenvalue weighted by molar-refractivity contribution is 0.415. The predicted molar refractivity (Wildman–Crippen MR) is 55.7 cm³/mol. The molecular formula is C11H15NO. The van der Waals surface area contributed by atoms with E-state index in [9.17, 15) is 0 Å². The zero-order chi connectivity index (χ0) is 9.68. The number of rotatable bonds is 4. The lowest BCUT2D eigenvalue weighted by Crippen LogP contribution is -1.99. The minimum absolute atomic E-state index is 0.644. The first-order valence-electron chi connectivity index (χ1n) is 4.30. The van der Waals surface area contributed by atoms with Crippen molar-refractivity contribution in [2.45, 2.75) is 6.42 Å². The standard InChI is InChI=1S/C11H15NO/c1-9(7-8-12)10-3-5-11(13-2)6-4-10/h3-6H,1,7-8,12H2,2H3. The van der Waals surface area contributed by atoms with Gasteiger partial charge in [0.25, 0.3) is 0 Å². The van der Waals surface area contributed by atoms with Crippen LogP contribution in [0.15, 0.2) is 30.8 Å². The fourth-order valence-corrected chi connectivity index (χ4v) is 1.15. The summed E-state index contributed by atoms with van der Waals surface area (Å²) in [6, 6.07) is 7.85. The Labute approximate surface area is 79.0 Å². The maximum absolute atomic E-state index is 5.44. The summed E-state index contributed by atoms with van der Waals surface area (Å²) in [6.07, 6.45) is 0.840. The second-order valence-corrected chi connectivity index (χ2v) is 2.87. The van der Waals surface area contributed by atoms with Gasteiger partial charge < -0.3 is 10.5 Å². The summed E-state index contributed by atoms with van der Waals surface area (Å²) in [7, 11) is 1.66. The van der Waals surface area contributed by atoms with Crippen LogP contribution in [-0.2, 0) is 0 Å². The first-order valence-corrected chi connectivity index (χ1v) is 4.30. The first-order chi connectivity index (χ1) is 6.27. The molecule has 0 aliphatic carbocycles. The van der Waals surface area contributed by atoms with Gasteiger partial charge in [-0.25, -0.2) is 0 Å². The Balaban J connectivity index is 2.74. The van der Waals surface area contributed by atoms with Crippen molar-refractivity contribution in [3.63, 3.8) is 0 Å². The average molecular weight is 177 g/mol. The van der Waals surface area contributed by atoms with E-state index in [0.717, 1.165) is 23.3 Å². The molecule has 1 aromatic carbocycles. The summed E-state index contributed by atoms with van der Waals surface area (Å²) >= 11 is 0. The fraction of sp³-hybridized carbons (Fsp3) is 0.273. The van der Waals surface area contributed by atoms with Gasteiger partial charge in [0.1, 0.15) is 5.75 Å². The largest absolute Gasteiger partial charge is 0.497 e. The first kappa shape index (κ1) is 9.81. The van der Waals surface area contributed by atoms with Gasteiger partial charge in [-0.2, -0.15) is 0 Å². The molecule has 2 heteroatoms. The van der Waals surface area contributed by atoms with Crippen molar-refractivity contribution < 1.29 is 4.74 Å². The van der Waals surface area contributed by atoms with Crippen LogP contribution in [0.4, 0.5) is 0 Å². The molecule has 0 saturated heterocycles. The molecule has 0 atom stereocenters. The summed E-state index contributed by atoms with van der Waals surface area (Å²) in [5.74, 6) is 0.865. The van der Waals surface area contributed by atoms with Crippen LogP contribution in [0.25, 0.3) is 5.57 Å². The Hall–Kier alpha value is -1.28. The Morgan fingerprint density at radius 2 is 2.00 bits per heavy atom. The molecule has 0 radical (unpaired) electrons. The van der Waals surface area contributed by atoms with Crippen LogP contribution in [0.5, 0.6) is 5.75 Å². The highest BCUT2D eigenvalue weighted by atomic mass is 16.5. The van der Waals surface area contributed by atoms with Crippen LogP contribution in [0, 0.1) is 0 Å².